The maximum Gasteiger partial charge on any atom is 0.264 e. The van der Waals surface area contributed by atoms with Crippen LogP contribution in [-0.2, 0) is 9.59 Å². The molecule has 1 fully saturated rings. The Morgan fingerprint density at radius 1 is 1.48 bits per heavy atom. The molecule has 3 rings (SSSR count). The lowest BCUT2D eigenvalue weighted by molar-refractivity contribution is -0.132. The van der Waals surface area contributed by atoms with Gasteiger partial charge in [0, 0.05) is 14.8 Å². The molecule has 2 aromatic rings. The van der Waals surface area contributed by atoms with Crippen LogP contribution >= 0.6 is 0 Å². The van der Waals surface area contributed by atoms with Crippen LogP contribution in [0, 0.1) is 6.88 Å². The number of aromatic nitrogens is 2. The Morgan fingerprint density at radius 2 is 2.29 bits per heavy atom. The van der Waals surface area contributed by atoms with Crippen molar-refractivity contribution in [3.63, 3.8) is 0 Å². The minimum absolute atomic E-state index is 0.00652. The fraction of sp³-hybridized carbons (Fsp3) is 0.333. The molecule has 1 aromatic heterocycles. The fourth-order valence-corrected chi connectivity index (χ4v) is 2.48. The van der Waals surface area contributed by atoms with Crippen LogP contribution in [0.3, 0.4) is 0 Å². The number of anilines is 1. The Kier molecular flexibility index (Phi) is 2.16. The lowest BCUT2D eigenvalue weighted by atomic mass is 9.92. The second-order valence-corrected chi connectivity index (χ2v) is 4.87. The van der Waals surface area contributed by atoms with Gasteiger partial charge in [-0.1, -0.05) is 6.04 Å². The van der Waals surface area contributed by atoms with Gasteiger partial charge in [-0.25, -0.2) is 4.98 Å². The first kappa shape index (κ1) is 9.44. The zero-order chi connectivity index (χ0) is 18.5. The van der Waals surface area contributed by atoms with E-state index in [-0.39, 0.29) is 47.1 Å². The van der Waals surface area contributed by atoms with Gasteiger partial charge in [0.2, 0.25) is 0 Å². The van der Waals surface area contributed by atoms with E-state index >= 15 is 0 Å². The smallest absolute Gasteiger partial charge is 0.264 e. The van der Waals surface area contributed by atoms with Crippen LogP contribution in [0.25, 0.3) is 10.9 Å². The Morgan fingerprint density at radius 3 is 3.00 bits per heavy atom. The molecule has 0 saturated heterocycles. The van der Waals surface area contributed by atoms with Crippen molar-refractivity contribution >= 4 is 28.2 Å². The van der Waals surface area contributed by atoms with Gasteiger partial charge in [-0.2, -0.15) is 0 Å². The predicted molar refractivity (Wildman–Crippen MR) is 78.1 cm³/mol. The summed E-state index contributed by atoms with van der Waals surface area (Å²) in [7, 11) is 0. The van der Waals surface area contributed by atoms with E-state index in [0.717, 1.165) is 4.57 Å². The minimum Gasteiger partial charge on any atom is -0.398 e. The molecule has 1 aliphatic carbocycles. The molecule has 1 aromatic carbocycles. The average molecular weight is 289 g/mol. The molecule has 0 spiro atoms. The van der Waals surface area contributed by atoms with Gasteiger partial charge in [0.1, 0.15) is 11.6 Å². The molecule has 1 atom stereocenters. The van der Waals surface area contributed by atoms with Gasteiger partial charge < -0.3 is 5.73 Å². The number of nitrogens with zero attached hydrogens (tertiary/aromatic N) is 2. The number of hydrogen-bond acceptors (Lipinski definition) is 5. The van der Waals surface area contributed by atoms with Crippen molar-refractivity contribution in [3.05, 3.63) is 34.4 Å². The number of rotatable bonds is 1. The maximum absolute atomic E-state index is 13.0. The number of carbonyl (C=O) groups is 2. The number of benzene rings is 1. The van der Waals surface area contributed by atoms with Crippen LogP contribution in [0.5, 0.6) is 0 Å². The van der Waals surface area contributed by atoms with Crippen molar-refractivity contribution < 1.29 is 15.1 Å². The van der Waals surface area contributed by atoms with Gasteiger partial charge in [-0.15, -0.1) is 0 Å². The highest BCUT2D eigenvalue weighted by molar-refractivity contribution is 6.03. The maximum atomic E-state index is 13.0. The number of ketones is 2. The summed E-state index contributed by atoms with van der Waals surface area (Å²) in [6, 6.07) is 0.420. The topological polar surface area (TPSA) is 95.0 Å². The molecular weight excluding hydrogens is 270 g/mol. The SMILES string of the molecule is [2H]c1cc(N)c2c(=O)n(C3([2H])CCC(=O)CC3=O)c(C([2H])[2H])nc2c1. The molecule has 2 N–H and O–H groups in total. The third kappa shape index (κ3) is 2.12. The largest absolute Gasteiger partial charge is 0.398 e. The highest BCUT2D eigenvalue weighted by Gasteiger charge is 2.30. The molecule has 6 nitrogen and oxygen atoms in total. The highest BCUT2D eigenvalue weighted by Crippen LogP contribution is 2.24. The zero-order valence-corrected chi connectivity index (χ0v) is 11.0. The molecule has 6 heteroatoms. The van der Waals surface area contributed by atoms with Gasteiger partial charge >= 0.3 is 0 Å². The van der Waals surface area contributed by atoms with E-state index in [1.165, 1.54) is 12.1 Å². The predicted octanol–water partition coefficient (Wildman–Crippen LogP) is 1.15. The van der Waals surface area contributed by atoms with Gasteiger partial charge in [0.25, 0.3) is 5.56 Å². The molecule has 0 aliphatic heterocycles. The number of hydrogen-bond donors (Lipinski definition) is 1. The normalized spacial score (nSPS) is 25.6. The van der Waals surface area contributed by atoms with Gasteiger partial charge in [0.15, 0.2) is 5.78 Å². The number of fused-ring (bicyclic) bond motifs is 1. The Balaban J connectivity index is 2.39. The van der Waals surface area contributed by atoms with Gasteiger partial charge in [-0.05, 0) is 25.4 Å². The molecular formula is C15H15N3O3. The van der Waals surface area contributed by atoms with Crippen LogP contribution < -0.4 is 11.3 Å². The van der Waals surface area contributed by atoms with Crippen molar-refractivity contribution in [2.75, 3.05) is 5.73 Å². The molecule has 108 valence electrons. The molecule has 21 heavy (non-hydrogen) atoms. The van der Waals surface area contributed by atoms with Crippen LogP contribution in [0.1, 0.15) is 36.6 Å². The first-order chi connectivity index (χ1) is 11.6. The highest BCUT2D eigenvalue weighted by atomic mass is 16.2. The fourth-order valence-electron chi connectivity index (χ4n) is 2.48. The summed E-state index contributed by atoms with van der Waals surface area (Å²) in [5, 5.41) is -0.0725. The number of Topliss-reactive ketones (excluding diaryl/α,β-unsaturated/α-hetero) is 2. The molecule has 1 saturated carbocycles. The van der Waals surface area contributed by atoms with E-state index in [1.807, 2.05) is 0 Å². The van der Waals surface area contributed by atoms with Gasteiger partial charge in [-0.3, -0.25) is 19.0 Å². The number of nitrogen functional groups attached to an aromatic ring is 1. The molecule has 0 radical (unpaired) electrons. The summed E-state index contributed by atoms with van der Waals surface area (Å²) in [4.78, 5) is 40.9. The summed E-state index contributed by atoms with van der Waals surface area (Å²) >= 11 is 0. The van der Waals surface area contributed by atoms with E-state index in [1.54, 1.807) is 0 Å². The Bertz CT molecular complexity index is 973. The van der Waals surface area contributed by atoms with Crippen molar-refractivity contribution in [1.29, 1.82) is 0 Å². The molecule has 0 bridgehead atoms. The van der Waals surface area contributed by atoms with Crippen molar-refractivity contribution in [2.24, 2.45) is 0 Å². The zero-order valence-electron chi connectivity index (χ0n) is 15.0. The summed E-state index contributed by atoms with van der Waals surface area (Å²) in [6.07, 6.45) is -0.760. The van der Waals surface area contributed by atoms with Crippen LogP contribution in [0.15, 0.2) is 23.0 Å². The summed E-state index contributed by atoms with van der Waals surface area (Å²) < 4.78 is 32.2. The Hall–Kier alpha value is -2.50. The van der Waals surface area contributed by atoms with Crippen molar-refractivity contribution in [1.82, 2.24) is 9.55 Å². The summed E-state index contributed by atoms with van der Waals surface area (Å²) in [6.45, 7) is -1.74. The second kappa shape index (κ2) is 4.80. The standard InChI is InChI=1S/C15H15N3O3/c1-8-17-11-4-2-3-10(16)14(11)15(21)18(8)12-6-5-9(19)7-13(12)20/h2-4,12H,5-7,16H2,1H3/i1D2,2D,12D. The quantitative estimate of drug-likeness (QED) is 0.627. The lowest BCUT2D eigenvalue weighted by Gasteiger charge is -2.24. The van der Waals surface area contributed by atoms with Crippen LogP contribution in [0.4, 0.5) is 5.69 Å². The first-order valence-corrected chi connectivity index (χ1v) is 6.38. The first-order valence-electron chi connectivity index (χ1n) is 8.53. The molecule has 0 amide bonds. The second-order valence-electron chi connectivity index (χ2n) is 4.87. The van der Waals surface area contributed by atoms with Crippen molar-refractivity contribution in [2.45, 2.75) is 32.2 Å². The van der Waals surface area contributed by atoms with E-state index in [0.29, 0.717) is 0 Å². The van der Waals surface area contributed by atoms with E-state index < -0.39 is 30.7 Å². The van der Waals surface area contributed by atoms with Crippen LogP contribution in [-0.4, -0.2) is 21.1 Å². The third-order valence-electron chi connectivity index (χ3n) is 3.47. The van der Waals surface area contributed by atoms with E-state index in [9.17, 15) is 14.4 Å². The van der Waals surface area contributed by atoms with Crippen molar-refractivity contribution in [3.8, 4) is 0 Å². The van der Waals surface area contributed by atoms with E-state index in [4.69, 9.17) is 11.2 Å². The van der Waals surface area contributed by atoms with E-state index in [2.05, 4.69) is 4.98 Å². The van der Waals surface area contributed by atoms with Crippen LogP contribution in [0.2, 0.25) is 0 Å². The molecule has 1 aliphatic rings. The third-order valence-corrected chi connectivity index (χ3v) is 3.47. The minimum atomic E-state index is -2.10. The average Bonchev–Trinajstić information content (AvgIpc) is 2.50. The number of aryl methyl sites for hydroxylation is 1. The number of carbonyl (C=O) groups excluding carboxylic acids is 2. The summed E-state index contributed by atoms with van der Waals surface area (Å²) in [5.41, 5.74) is 5.00. The Labute approximate surface area is 126 Å². The molecule has 1 unspecified atom stereocenters. The monoisotopic (exact) mass is 289 g/mol. The van der Waals surface area contributed by atoms with Gasteiger partial charge in [0.05, 0.1) is 26.1 Å². The molecule has 1 heterocycles. The lowest BCUT2D eigenvalue weighted by Crippen LogP contribution is -2.36. The number of nitrogens with two attached hydrogens (primary N) is 1. The summed E-state index contributed by atoms with van der Waals surface area (Å²) in [5.74, 6) is -1.48.